The molecule has 0 bridgehead atoms. The fourth-order valence-corrected chi connectivity index (χ4v) is 3.49. The Balaban J connectivity index is 2.21. The summed E-state index contributed by atoms with van der Waals surface area (Å²) in [6.45, 7) is 1.53. The molecule has 0 aromatic carbocycles. The molecule has 1 aliphatic carbocycles. The molecule has 1 N–H and O–H groups in total. The van der Waals surface area contributed by atoms with E-state index in [0.29, 0.717) is 18.6 Å². The highest BCUT2D eigenvalue weighted by Gasteiger charge is 2.29. The number of methoxy groups -OCH3 is 1. The predicted molar refractivity (Wildman–Crippen MR) is 75.9 cm³/mol. The van der Waals surface area contributed by atoms with Gasteiger partial charge in [0.25, 0.3) is 0 Å². The van der Waals surface area contributed by atoms with Crippen molar-refractivity contribution in [3.8, 4) is 0 Å². The molecule has 0 aliphatic heterocycles. The normalized spacial score (nSPS) is 24.4. The van der Waals surface area contributed by atoms with E-state index in [0.717, 1.165) is 11.0 Å². The van der Waals surface area contributed by atoms with E-state index >= 15 is 0 Å². The van der Waals surface area contributed by atoms with E-state index in [4.69, 9.17) is 4.74 Å². The summed E-state index contributed by atoms with van der Waals surface area (Å²) < 4.78 is 8.38. The molecule has 0 saturated heterocycles. The van der Waals surface area contributed by atoms with Gasteiger partial charge in [0.1, 0.15) is 0 Å². The summed E-state index contributed by atoms with van der Waals surface area (Å²) in [5.74, 6) is 0.553. The van der Waals surface area contributed by atoms with Crippen LogP contribution in [0, 0.1) is 0 Å². The quantitative estimate of drug-likeness (QED) is 0.907. The largest absolute Gasteiger partial charge is 0.383 e. The second-order valence-electron chi connectivity index (χ2n) is 4.88. The minimum atomic E-state index is 0.553. The lowest BCUT2D eigenvalue weighted by Crippen LogP contribution is -2.36. The molecule has 0 amide bonds. The smallest absolute Gasteiger partial charge is 0.0658 e. The standard InChI is InChI=1S/C13H22BrN3O/c1-15-12-6-4-3-5-10(12)13-11(14)9-16-17(13)7-8-18-2/h9-10,12,15H,3-8H2,1-2H3. The molecular formula is C13H22BrN3O. The first-order valence-electron chi connectivity index (χ1n) is 6.65. The molecule has 102 valence electrons. The van der Waals surface area contributed by atoms with Gasteiger partial charge in [-0.1, -0.05) is 12.8 Å². The molecule has 1 fully saturated rings. The fraction of sp³-hybridized carbons (Fsp3) is 0.769. The number of rotatable bonds is 5. The number of likely N-dealkylation sites (N-methyl/N-ethyl adjacent to an activating group) is 1. The first-order valence-corrected chi connectivity index (χ1v) is 7.44. The van der Waals surface area contributed by atoms with Gasteiger partial charge in [-0.2, -0.15) is 5.10 Å². The fourth-order valence-electron chi connectivity index (χ4n) is 2.90. The molecule has 2 rings (SSSR count). The molecule has 0 spiro atoms. The maximum atomic E-state index is 5.16. The molecule has 4 nitrogen and oxygen atoms in total. The number of hydrogen-bond acceptors (Lipinski definition) is 3. The maximum absolute atomic E-state index is 5.16. The van der Waals surface area contributed by atoms with Crippen LogP contribution in [-0.2, 0) is 11.3 Å². The minimum Gasteiger partial charge on any atom is -0.383 e. The van der Waals surface area contributed by atoms with Gasteiger partial charge in [0, 0.05) is 19.1 Å². The average Bonchev–Trinajstić information content (AvgIpc) is 2.77. The predicted octanol–water partition coefficient (Wildman–Crippen LogP) is 2.54. The van der Waals surface area contributed by atoms with Gasteiger partial charge in [-0.25, -0.2) is 0 Å². The van der Waals surface area contributed by atoms with Crippen LogP contribution < -0.4 is 5.32 Å². The van der Waals surface area contributed by atoms with Gasteiger partial charge in [0.05, 0.1) is 29.5 Å². The molecule has 1 aromatic heterocycles. The Labute approximate surface area is 117 Å². The lowest BCUT2D eigenvalue weighted by Gasteiger charge is -2.32. The first-order chi connectivity index (χ1) is 8.77. The molecule has 2 atom stereocenters. The Morgan fingerprint density at radius 3 is 3.00 bits per heavy atom. The van der Waals surface area contributed by atoms with E-state index in [1.54, 1.807) is 7.11 Å². The Bertz CT molecular complexity index is 380. The molecule has 0 radical (unpaired) electrons. The van der Waals surface area contributed by atoms with Crippen molar-refractivity contribution in [2.75, 3.05) is 20.8 Å². The summed E-state index contributed by atoms with van der Waals surface area (Å²) in [5.41, 5.74) is 1.33. The van der Waals surface area contributed by atoms with Crippen molar-refractivity contribution in [3.05, 3.63) is 16.4 Å². The summed E-state index contributed by atoms with van der Waals surface area (Å²) in [6.07, 6.45) is 7.04. The van der Waals surface area contributed by atoms with Gasteiger partial charge in [0.2, 0.25) is 0 Å². The lowest BCUT2D eigenvalue weighted by atomic mass is 9.82. The van der Waals surface area contributed by atoms with Crippen LogP contribution in [-0.4, -0.2) is 36.6 Å². The number of ether oxygens (including phenoxy) is 1. The highest BCUT2D eigenvalue weighted by molar-refractivity contribution is 9.10. The number of aromatic nitrogens is 2. The van der Waals surface area contributed by atoms with Crippen molar-refractivity contribution in [2.24, 2.45) is 0 Å². The Hall–Kier alpha value is -0.390. The van der Waals surface area contributed by atoms with Crippen molar-refractivity contribution in [2.45, 2.75) is 44.2 Å². The third-order valence-corrected chi connectivity index (χ3v) is 4.44. The van der Waals surface area contributed by atoms with Crippen LogP contribution >= 0.6 is 15.9 Å². The second kappa shape index (κ2) is 6.68. The first kappa shape index (κ1) is 14.0. The highest BCUT2D eigenvalue weighted by Crippen LogP contribution is 2.36. The second-order valence-corrected chi connectivity index (χ2v) is 5.73. The Kier molecular flexibility index (Phi) is 5.21. The highest BCUT2D eigenvalue weighted by atomic mass is 79.9. The molecule has 1 saturated carbocycles. The zero-order valence-electron chi connectivity index (χ0n) is 11.2. The molecule has 1 heterocycles. The molecule has 18 heavy (non-hydrogen) atoms. The van der Waals surface area contributed by atoms with Gasteiger partial charge in [0.15, 0.2) is 0 Å². The van der Waals surface area contributed by atoms with Crippen LogP contribution in [0.25, 0.3) is 0 Å². The summed E-state index contributed by atoms with van der Waals surface area (Å²) in [5, 5.41) is 7.92. The molecule has 2 unspecified atom stereocenters. The van der Waals surface area contributed by atoms with Crippen LogP contribution in [0.3, 0.4) is 0 Å². The number of nitrogens with one attached hydrogen (secondary N) is 1. The molecule has 5 heteroatoms. The third-order valence-electron chi connectivity index (χ3n) is 3.83. The summed E-state index contributed by atoms with van der Waals surface area (Å²) in [6, 6.07) is 0.563. The van der Waals surface area contributed by atoms with Crippen LogP contribution in [0.15, 0.2) is 10.7 Å². The zero-order valence-corrected chi connectivity index (χ0v) is 12.7. The topological polar surface area (TPSA) is 39.1 Å². The van der Waals surface area contributed by atoms with E-state index in [1.807, 2.05) is 6.20 Å². The van der Waals surface area contributed by atoms with Crippen molar-refractivity contribution in [1.82, 2.24) is 15.1 Å². The van der Waals surface area contributed by atoms with Gasteiger partial charge in [-0.05, 0) is 35.8 Å². The molecular weight excluding hydrogens is 294 g/mol. The van der Waals surface area contributed by atoms with E-state index in [1.165, 1.54) is 31.4 Å². The minimum absolute atomic E-state index is 0.553. The molecule has 1 aliphatic rings. The van der Waals surface area contributed by atoms with E-state index < -0.39 is 0 Å². The van der Waals surface area contributed by atoms with Crippen molar-refractivity contribution >= 4 is 15.9 Å². The number of halogens is 1. The van der Waals surface area contributed by atoms with E-state index in [2.05, 4.69) is 38.1 Å². The summed E-state index contributed by atoms with van der Waals surface area (Å²) in [4.78, 5) is 0. The van der Waals surface area contributed by atoms with Gasteiger partial charge in [-0.15, -0.1) is 0 Å². The number of hydrogen-bond donors (Lipinski definition) is 1. The molecule has 1 aromatic rings. The van der Waals surface area contributed by atoms with Crippen LogP contribution in [0.2, 0.25) is 0 Å². The third kappa shape index (κ3) is 2.95. The maximum Gasteiger partial charge on any atom is 0.0658 e. The monoisotopic (exact) mass is 315 g/mol. The van der Waals surface area contributed by atoms with Crippen LogP contribution in [0.5, 0.6) is 0 Å². The zero-order chi connectivity index (χ0) is 13.0. The van der Waals surface area contributed by atoms with Crippen molar-refractivity contribution in [1.29, 1.82) is 0 Å². The summed E-state index contributed by atoms with van der Waals surface area (Å²) in [7, 11) is 3.79. The van der Waals surface area contributed by atoms with Crippen LogP contribution in [0.4, 0.5) is 0 Å². The van der Waals surface area contributed by atoms with E-state index in [9.17, 15) is 0 Å². The Morgan fingerprint density at radius 2 is 2.28 bits per heavy atom. The van der Waals surface area contributed by atoms with Crippen molar-refractivity contribution in [3.63, 3.8) is 0 Å². The van der Waals surface area contributed by atoms with Gasteiger partial charge in [-0.3, -0.25) is 4.68 Å². The SMILES string of the molecule is CNC1CCCCC1c1c(Br)cnn1CCOC. The lowest BCUT2D eigenvalue weighted by molar-refractivity contribution is 0.180. The number of nitrogens with zero attached hydrogens (tertiary/aromatic N) is 2. The van der Waals surface area contributed by atoms with Gasteiger partial charge < -0.3 is 10.1 Å². The van der Waals surface area contributed by atoms with Crippen molar-refractivity contribution < 1.29 is 4.74 Å². The summed E-state index contributed by atoms with van der Waals surface area (Å²) >= 11 is 3.65. The van der Waals surface area contributed by atoms with Crippen LogP contribution in [0.1, 0.15) is 37.3 Å². The average molecular weight is 316 g/mol. The Morgan fingerprint density at radius 1 is 1.50 bits per heavy atom. The van der Waals surface area contributed by atoms with Gasteiger partial charge >= 0.3 is 0 Å². The van der Waals surface area contributed by atoms with E-state index in [-0.39, 0.29) is 0 Å².